The number of imidazole rings is 1. The van der Waals surface area contributed by atoms with Crippen molar-refractivity contribution in [3.63, 3.8) is 0 Å². The van der Waals surface area contributed by atoms with Crippen LogP contribution in [0, 0.1) is 6.92 Å². The van der Waals surface area contributed by atoms with Crippen molar-refractivity contribution in [3.8, 4) is 11.4 Å². The van der Waals surface area contributed by atoms with Gasteiger partial charge in [0.25, 0.3) is 0 Å². The lowest BCUT2D eigenvalue weighted by atomic mass is 10.3. The summed E-state index contributed by atoms with van der Waals surface area (Å²) in [6.07, 6.45) is 3.54. The third kappa shape index (κ3) is 2.88. The van der Waals surface area contributed by atoms with E-state index in [1.807, 2.05) is 35.8 Å². The topological polar surface area (TPSA) is 64.4 Å². The molecule has 0 saturated carbocycles. The number of carboxylic acid groups (broad SMARTS) is 1. The van der Waals surface area contributed by atoms with Gasteiger partial charge in [0, 0.05) is 17.6 Å². The van der Waals surface area contributed by atoms with Crippen LogP contribution in [0.15, 0.2) is 36.8 Å². The van der Waals surface area contributed by atoms with E-state index in [4.69, 9.17) is 9.84 Å². The molecule has 1 heterocycles. The first kappa shape index (κ1) is 12.2. The number of hydrogen-bond donors (Lipinski definition) is 1. The first-order chi connectivity index (χ1) is 8.66. The first-order valence-electron chi connectivity index (χ1n) is 5.61. The van der Waals surface area contributed by atoms with E-state index in [2.05, 4.69) is 4.98 Å². The Balaban J connectivity index is 2.02. The van der Waals surface area contributed by atoms with Crippen molar-refractivity contribution >= 4 is 5.97 Å². The Morgan fingerprint density at radius 1 is 1.39 bits per heavy atom. The van der Waals surface area contributed by atoms with E-state index in [1.165, 1.54) is 0 Å². The number of benzene rings is 1. The fourth-order valence-corrected chi connectivity index (χ4v) is 1.59. The highest BCUT2D eigenvalue weighted by molar-refractivity contribution is 5.66. The van der Waals surface area contributed by atoms with Gasteiger partial charge in [0.2, 0.25) is 0 Å². The van der Waals surface area contributed by atoms with Crippen molar-refractivity contribution in [2.75, 3.05) is 6.61 Å². The molecule has 0 amide bonds. The average Bonchev–Trinajstić information content (AvgIpc) is 2.76. The van der Waals surface area contributed by atoms with Gasteiger partial charge in [0.15, 0.2) is 0 Å². The molecule has 0 saturated heterocycles. The number of rotatable bonds is 5. The van der Waals surface area contributed by atoms with Crippen molar-refractivity contribution < 1.29 is 14.6 Å². The number of aromatic nitrogens is 2. The van der Waals surface area contributed by atoms with Crippen LogP contribution in [-0.2, 0) is 4.79 Å². The minimum absolute atomic E-state index is 0.00236. The second-order valence-electron chi connectivity index (χ2n) is 3.89. The van der Waals surface area contributed by atoms with E-state index in [0.29, 0.717) is 5.75 Å². The molecule has 18 heavy (non-hydrogen) atoms. The lowest BCUT2D eigenvalue weighted by Crippen LogP contribution is -2.04. The van der Waals surface area contributed by atoms with Gasteiger partial charge < -0.3 is 14.4 Å². The molecule has 2 rings (SSSR count). The van der Waals surface area contributed by atoms with Gasteiger partial charge in [-0.25, -0.2) is 4.98 Å². The summed E-state index contributed by atoms with van der Waals surface area (Å²) >= 11 is 0. The number of hydrogen-bond acceptors (Lipinski definition) is 3. The highest BCUT2D eigenvalue weighted by atomic mass is 16.5. The molecule has 0 spiro atoms. The highest BCUT2D eigenvalue weighted by Gasteiger charge is 2.01. The normalized spacial score (nSPS) is 10.3. The molecule has 5 heteroatoms. The van der Waals surface area contributed by atoms with E-state index in [0.717, 1.165) is 11.4 Å². The zero-order valence-electron chi connectivity index (χ0n) is 10.0. The molecule has 1 aromatic carbocycles. The molecule has 0 unspecified atom stereocenters. The summed E-state index contributed by atoms with van der Waals surface area (Å²) in [5.41, 5.74) is 2.05. The standard InChI is InChI=1S/C13H14N2O3/c1-10-8-14-9-15(10)11-2-4-12(5-3-11)18-7-6-13(16)17/h2-5,8-9H,6-7H2,1H3,(H,16,17). The predicted octanol–water partition coefficient (Wildman–Crippen LogP) is 2.03. The molecular weight excluding hydrogens is 232 g/mol. The molecule has 0 fully saturated rings. The SMILES string of the molecule is Cc1cncn1-c1ccc(OCCC(=O)O)cc1. The predicted molar refractivity (Wildman–Crippen MR) is 66.0 cm³/mol. The molecule has 0 radical (unpaired) electrons. The summed E-state index contributed by atoms with van der Waals surface area (Å²) in [4.78, 5) is 14.4. The zero-order chi connectivity index (χ0) is 13.0. The number of nitrogens with zero attached hydrogens (tertiary/aromatic N) is 2. The number of carboxylic acids is 1. The summed E-state index contributed by atoms with van der Waals surface area (Å²) in [5, 5.41) is 8.50. The smallest absolute Gasteiger partial charge is 0.306 e. The Hall–Kier alpha value is -2.30. The van der Waals surface area contributed by atoms with E-state index >= 15 is 0 Å². The van der Waals surface area contributed by atoms with Gasteiger partial charge in [-0.3, -0.25) is 4.79 Å². The summed E-state index contributed by atoms with van der Waals surface area (Å²) in [7, 11) is 0. The van der Waals surface area contributed by atoms with Crippen LogP contribution in [0.1, 0.15) is 12.1 Å². The van der Waals surface area contributed by atoms with Gasteiger partial charge in [-0.15, -0.1) is 0 Å². The molecule has 0 aliphatic carbocycles. The van der Waals surface area contributed by atoms with E-state index in [9.17, 15) is 4.79 Å². The number of aryl methyl sites for hydroxylation is 1. The minimum atomic E-state index is -0.860. The van der Waals surface area contributed by atoms with Crippen LogP contribution < -0.4 is 4.74 Å². The fourth-order valence-electron chi connectivity index (χ4n) is 1.59. The maximum Gasteiger partial charge on any atom is 0.306 e. The Morgan fingerprint density at radius 3 is 2.67 bits per heavy atom. The number of carbonyl (C=O) groups is 1. The maximum absolute atomic E-state index is 10.3. The second kappa shape index (κ2) is 5.35. The van der Waals surface area contributed by atoms with Gasteiger partial charge >= 0.3 is 5.97 Å². The molecule has 0 atom stereocenters. The van der Waals surface area contributed by atoms with Gasteiger partial charge in [0.05, 0.1) is 19.4 Å². The van der Waals surface area contributed by atoms with Crippen molar-refractivity contribution in [1.82, 2.24) is 9.55 Å². The summed E-state index contributed by atoms with van der Waals surface area (Å²) < 4.78 is 7.27. The number of aliphatic carboxylic acids is 1. The summed E-state index contributed by atoms with van der Waals surface area (Å²) in [6.45, 7) is 2.16. The van der Waals surface area contributed by atoms with Crippen molar-refractivity contribution in [2.45, 2.75) is 13.3 Å². The van der Waals surface area contributed by atoms with E-state index in [-0.39, 0.29) is 13.0 Å². The molecule has 0 aliphatic rings. The Morgan fingerprint density at radius 2 is 2.11 bits per heavy atom. The Kier molecular flexibility index (Phi) is 3.62. The molecule has 2 aromatic rings. The van der Waals surface area contributed by atoms with Crippen LogP contribution in [-0.4, -0.2) is 27.2 Å². The summed E-state index contributed by atoms with van der Waals surface area (Å²) in [6, 6.07) is 7.45. The van der Waals surface area contributed by atoms with Crippen molar-refractivity contribution in [3.05, 3.63) is 42.5 Å². The molecular formula is C13H14N2O3. The monoisotopic (exact) mass is 246 g/mol. The lowest BCUT2D eigenvalue weighted by Gasteiger charge is -2.07. The van der Waals surface area contributed by atoms with Crippen molar-refractivity contribution in [1.29, 1.82) is 0 Å². The molecule has 0 bridgehead atoms. The van der Waals surface area contributed by atoms with Crippen LogP contribution in [0.25, 0.3) is 5.69 Å². The molecule has 5 nitrogen and oxygen atoms in total. The maximum atomic E-state index is 10.3. The zero-order valence-corrected chi connectivity index (χ0v) is 10.0. The summed E-state index contributed by atoms with van der Waals surface area (Å²) in [5.74, 6) is -0.196. The Bertz CT molecular complexity index is 531. The largest absolute Gasteiger partial charge is 0.493 e. The minimum Gasteiger partial charge on any atom is -0.493 e. The third-order valence-electron chi connectivity index (χ3n) is 2.52. The molecule has 1 N–H and O–H groups in total. The van der Waals surface area contributed by atoms with Crippen LogP contribution in [0.5, 0.6) is 5.75 Å². The van der Waals surface area contributed by atoms with Gasteiger partial charge in [0.1, 0.15) is 5.75 Å². The van der Waals surface area contributed by atoms with E-state index in [1.54, 1.807) is 12.5 Å². The van der Waals surface area contributed by atoms with Crippen molar-refractivity contribution in [2.24, 2.45) is 0 Å². The van der Waals surface area contributed by atoms with Crippen LogP contribution >= 0.6 is 0 Å². The average molecular weight is 246 g/mol. The quantitative estimate of drug-likeness (QED) is 0.876. The van der Waals surface area contributed by atoms with E-state index < -0.39 is 5.97 Å². The Labute approximate surface area is 105 Å². The van der Waals surface area contributed by atoms with Crippen LogP contribution in [0.2, 0.25) is 0 Å². The van der Waals surface area contributed by atoms with Gasteiger partial charge in [-0.2, -0.15) is 0 Å². The lowest BCUT2D eigenvalue weighted by molar-refractivity contribution is -0.137. The number of ether oxygens (including phenoxy) is 1. The van der Waals surface area contributed by atoms with Gasteiger partial charge in [-0.1, -0.05) is 0 Å². The molecule has 94 valence electrons. The second-order valence-corrected chi connectivity index (χ2v) is 3.89. The first-order valence-corrected chi connectivity index (χ1v) is 5.61. The van der Waals surface area contributed by atoms with Gasteiger partial charge in [-0.05, 0) is 31.2 Å². The van der Waals surface area contributed by atoms with Crippen LogP contribution in [0.4, 0.5) is 0 Å². The van der Waals surface area contributed by atoms with Crippen LogP contribution in [0.3, 0.4) is 0 Å². The molecule has 0 aliphatic heterocycles. The third-order valence-corrected chi connectivity index (χ3v) is 2.52. The highest BCUT2D eigenvalue weighted by Crippen LogP contribution is 2.16. The fraction of sp³-hybridized carbons (Fsp3) is 0.231. The molecule has 1 aromatic heterocycles.